The molecule has 3 rings (SSSR count). The average molecular weight is 324 g/mol. The van der Waals surface area contributed by atoms with Gasteiger partial charge in [0.15, 0.2) is 0 Å². The van der Waals surface area contributed by atoms with Crippen molar-refractivity contribution in [2.24, 2.45) is 0 Å². The van der Waals surface area contributed by atoms with Gasteiger partial charge in [-0.1, -0.05) is 30.7 Å². The van der Waals surface area contributed by atoms with Gasteiger partial charge in [-0.25, -0.2) is 9.97 Å². The average Bonchev–Trinajstić information content (AvgIpc) is 2.55. The van der Waals surface area contributed by atoms with Gasteiger partial charge in [0, 0.05) is 30.5 Å². The first kappa shape index (κ1) is 16.9. The third-order valence-corrected chi connectivity index (χ3v) is 4.85. The van der Waals surface area contributed by atoms with Crippen molar-refractivity contribution in [2.75, 3.05) is 11.9 Å². The van der Waals surface area contributed by atoms with Crippen molar-refractivity contribution in [3.63, 3.8) is 0 Å². The minimum absolute atomic E-state index is 0.683. The van der Waals surface area contributed by atoms with Gasteiger partial charge in [-0.05, 0) is 57.4 Å². The normalized spacial score (nSPS) is 18.5. The lowest BCUT2D eigenvalue weighted by atomic mass is 10.0. The Labute approximate surface area is 145 Å². The minimum Gasteiger partial charge on any atom is -0.350 e. The molecule has 4 nitrogen and oxygen atoms in total. The van der Waals surface area contributed by atoms with E-state index in [0.717, 1.165) is 24.5 Å². The highest BCUT2D eigenvalue weighted by molar-refractivity contribution is 5.33. The molecular formula is C20H28N4. The zero-order chi connectivity index (χ0) is 16.9. The predicted molar refractivity (Wildman–Crippen MR) is 99.0 cm³/mol. The van der Waals surface area contributed by atoms with E-state index in [1.807, 2.05) is 19.9 Å². The van der Waals surface area contributed by atoms with Crippen LogP contribution < -0.4 is 5.32 Å². The van der Waals surface area contributed by atoms with Gasteiger partial charge in [-0.15, -0.1) is 0 Å². The Hall–Kier alpha value is -1.94. The summed E-state index contributed by atoms with van der Waals surface area (Å²) in [5, 5.41) is 3.39. The van der Waals surface area contributed by atoms with Crippen LogP contribution in [0, 0.1) is 13.8 Å². The van der Waals surface area contributed by atoms with E-state index in [4.69, 9.17) is 0 Å². The van der Waals surface area contributed by atoms with Gasteiger partial charge < -0.3 is 5.32 Å². The predicted octanol–water partition coefficient (Wildman–Crippen LogP) is 4.08. The quantitative estimate of drug-likeness (QED) is 0.900. The van der Waals surface area contributed by atoms with Gasteiger partial charge in [0.1, 0.15) is 0 Å². The molecule has 1 N–H and O–H groups in total. The van der Waals surface area contributed by atoms with Crippen LogP contribution in [0.5, 0.6) is 0 Å². The number of aromatic nitrogens is 2. The molecule has 1 saturated heterocycles. The van der Waals surface area contributed by atoms with E-state index < -0.39 is 0 Å². The molecule has 2 heterocycles. The highest BCUT2D eigenvalue weighted by atomic mass is 15.2. The lowest BCUT2D eigenvalue weighted by molar-refractivity contribution is 0.152. The van der Waals surface area contributed by atoms with Crippen molar-refractivity contribution >= 4 is 5.95 Å². The van der Waals surface area contributed by atoms with Crippen molar-refractivity contribution in [1.82, 2.24) is 14.9 Å². The molecule has 0 bridgehead atoms. The lowest BCUT2D eigenvalue weighted by Gasteiger charge is -2.33. The van der Waals surface area contributed by atoms with Crippen LogP contribution in [-0.4, -0.2) is 27.5 Å². The van der Waals surface area contributed by atoms with Crippen LogP contribution in [0.1, 0.15) is 48.7 Å². The Balaban J connectivity index is 1.69. The zero-order valence-corrected chi connectivity index (χ0v) is 15.0. The van der Waals surface area contributed by atoms with Crippen LogP contribution in [0.3, 0.4) is 0 Å². The van der Waals surface area contributed by atoms with Crippen LogP contribution in [-0.2, 0) is 13.1 Å². The molecule has 1 aliphatic heterocycles. The van der Waals surface area contributed by atoms with Crippen molar-refractivity contribution in [2.45, 2.75) is 59.2 Å². The summed E-state index contributed by atoms with van der Waals surface area (Å²) in [6, 6.07) is 11.4. The standard InChI is InChI=1S/C20H28N4/c1-15-12-16(2)23-20(22-15)21-13-18-9-4-5-10-19(18)14-24-11-7-6-8-17(24)3/h4-5,9-10,12,17H,6-8,11,13-14H2,1-3H3,(H,21,22,23). The Bertz CT molecular complexity index is 663. The van der Waals surface area contributed by atoms with Gasteiger partial charge in [-0.2, -0.15) is 0 Å². The Morgan fingerprint density at radius 1 is 1.08 bits per heavy atom. The summed E-state index contributed by atoms with van der Waals surface area (Å²) in [5.74, 6) is 0.716. The Morgan fingerprint density at radius 3 is 2.50 bits per heavy atom. The molecule has 1 fully saturated rings. The van der Waals surface area contributed by atoms with Crippen LogP contribution >= 0.6 is 0 Å². The van der Waals surface area contributed by atoms with E-state index in [1.54, 1.807) is 0 Å². The summed E-state index contributed by atoms with van der Waals surface area (Å²) < 4.78 is 0. The van der Waals surface area contributed by atoms with Crippen molar-refractivity contribution < 1.29 is 0 Å². The number of anilines is 1. The highest BCUT2D eigenvalue weighted by Crippen LogP contribution is 2.21. The second kappa shape index (κ2) is 7.75. The molecule has 128 valence electrons. The second-order valence-electron chi connectivity index (χ2n) is 6.91. The maximum Gasteiger partial charge on any atom is 0.223 e. The van der Waals surface area contributed by atoms with E-state index >= 15 is 0 Å². The summed E-state index contributed by atoms with van der Waals surface area (Å²) in [4.78, 5) is 11.6. The molecule has 4 heteroatoms. The highest BCUT2D eigenvalue weighted by Gasteiger charge is 2.19. The van der Waals surface area contributed by atoms with Crippen LogP contribution in [0.25, 0.3) is 0 Å². The molecule has 1 unspecified atom stereocenters. The maximum atomic E-state index is 4.47. The number of nitrogens with one attached hydrogen (secondary N) is 1. The van der Waals surface area contributed by atoms with Crippen LogP contribution in [0.4, 0.5) is 5.95 Å². The third kappa shape index (κ3) is 4.32. The van der Waals surface area contributed by atoms with Crippen molar-refractivity contribution in [3.05, 3.63) is 52.8 Å². The molecule has 0 amide bonds. The number of rotatable bonds is 5. The van der Waals surface area contributed by atoms with E-state index in [0.29, 0.717) is 12.0 Å². The number of hydrogen-bond donors (Lipinski definition) is 1. The first-order chi connectivity index (χ1) is 11.6. The summed E-state index contributed by atoms with van der Waals surface area (Å²) in [6.07, 6.45) is 4.00. The van der Waals surface area contributed by atoms with Crippen molar-refractivity contribution in [1.29, 1.82) is 0 Å². The van der Waals surface area contributed by atoms with E-state index in [-0.39, 0.29) is 0 Å². The largest absolute Gasteiger partial charge is 0.350 e. The van der Waals surface area contributed by atoms with Gasteiger partial charge in [0.2, 0.25) is 5.95 Å². The first-order valence-electron chi connectivity index (χ1n) is 8.99. The number of likely N-dealkylation sites (tertiary alicyclic amines) is 1. The second-order valence-corrected chi connectivity index (χ2v) is 6.91. The van der Waals surface area contributed by atoms with Gasteiger partial charge in [0.25, 0.3) is 0 Å². The smallest absolute Gasteiger partial charge is 0.223 e. The Morgan fingerprint density at radius 2 is 1.79 bits per heavy atom. The summed E-state index contributed by atoms with van der Waals surface area (Å²) >= 11 is 0. The van der Waals surface area contributed by atoms with Gasteiger partial charge in [0.05, 0.1) is 0 Å². The SMILES string of the molecule is Cc1cc(C)nc(NCc2ccccc2CN2CCCCC2C)n1. The summed E-state index contributed by atoms with van der Waals surface area (Å²) in [6.45, 7) is 9.37. The monoisotopic (exact) mass is 324 g/mol. The minimum atomic E-state index is 0.683. The first-order valence-corrected chi connectivity index (χ1v) is 8.99. The van der Waals surface area contributed by atoms with Crippen LogP contribution in [0.2, 0.25) is 0 Å². The fourth-order valence-corrected chi connectivity index (χ4v) is 3.47. The summed E-state index contributed by atoms with van der Waals surface area (Å²) in [7, 11) is 0. The molecular weight excluding hydrogens is 296 g/mol. The van der Waals surface area contributed by atoms with E-state index in [1.165, 1.54) is 36.9 Å². The molecule has 1 aliphatic rings. The molecule has 0 radical (unpaired) electrons. The van der Waals surface area contributed by atoms with E-state index in [2.05, 4.69) is 51.4 Å². The van der Waals surface area contributed by atoms with Gasteiger partial charge >= 0.3 is 0 Å². The number of nitrogens with zero attached hydrogens (tertiary/aromatic N) is 3. The lowest BCUT2D eigenvalue weighted by Crippen LogP contribution is -2.37. The fourth-order valence-electron chi connectivity index (χ4n) is 3.47. The van der Waals surface area contributed by atoms with Gasteiger partial charge in [-0.3, -0.25) is 4.90 Å². The molecule has 1 aromatic carbocycles. The molecule has 0 aliphatic carbocycles. The summed E-state index contributed by atoms with van der Waals surface area (Å²) in [5.41, 5.74) is 4.74. The third-order valence-electron chi connectivity index (χ3n) is 4.85. The van der Waals surface area contributed by atoms with E-state index in [9.17, 15) is 0 Å². The zero-order valence-electron chi connectivity index (χ0n) is 15.0. The molecule has 24 heavy (non-hydrogen) atoms. The van der Waals surface area contributed by atoms with Crippen molar-refractivity contribution in [3.8, 4) is 0 Å². The topological polar surface area (TPSA) is 41.1 Å². The molecule has 0 saturated carbocycles. The number of piperidine rings is 1. The Kier molecular flexibility index (Phi) is 5.46. The number of aryl methyl sites for hydroxylation is 2. The van der Waals surface area contributed by atoms with Crippen LogP contribution in [0.15, 0.2) is 30.3 Å². The fraction of sp³-hybridized carbons (Fsp3) is 0.500. The molecule has 1 aromatic heterocycles. The molecule has 0 spiro atoms. The maximum absolute atomic E-state index is 4.47. The molecule has 1 atom stereocenters. The number of benzene rings is 1. The molecule has 2 aromatic rings. The number of hydrogen-bond acceptors (Lipinski definition) is 4.